The molecular formula is C12H21N5O2. The summed E-state index contributed by atoms with van der Waals surface area (Å²) in [6, 6.07) is 0.925. The van der Waals surface area contributed by atoms with Gasteiger partial charge in [0.15, 0.2) is 5.82 Å². The summed E-state index contributed by atoms with van der Waals surface area (Å²) in [5.41, 5.74) is 0. The Morgan fingerprint density at radius 2 is 2.26 bits per heavy atom. The van der Waals surface area contributed by atoms with E-state index < -0.39 is 0 Å². The zero-order valence-electron chi connectivity index (χ0n) is 11.7. The van der Waals surface area contributed by atoms with Gasteiger partial charge in [-0.25, -0.2) is 9.55 Å². The monoisotopic (exact) mass is 267 g/mol. The molecule has 1 N–H and O–H groups in total. The fraction of sp³-hybridized carbons (Fsp3) is 0.750. The molecule has 1 aliphatic heterocycles. The number of hydrogen-bond acceptors (Lipinski definition) is 5. The predicted molar refractivity (Wildman–Crippen MR) is 72.1 cm³/mol. The molecule has 0 saturated carbocycles. The Hall–Kier alpha value is -1.47. The predicted octanol–water partition coefficient (Wildman–Crippen LogP) is 0.782. The van der Waals surface area contributed by atoms with Crippen LogP contribution in [0.5, 0.6) is 0 Å². The van der Waals surface area contributed by atoms with Crippen LogP contribution >= 0.6 is 0 Å². The molecule has 0 radical (unpaired) electrons. The summed E-state index contributed by atoms with van der Waals surface area (Å²) >= 11 is 0. The number of nitrogens with one attached hydrogen (secondary N) is 1. The molecule has 7 heteroatoms. The highest BCUT2D eigenvalue weighted by atomic mass is 16.6. The lowest BCUT2D eigenvalue weighted by Crippen LogP contribution is -2.54. The van der Waals surface area contributed by atoms with Crippen molar-refractivity contribution in [2.75, 3.05) is 19.6 Å². The van der Waals surface area contributed by atoms with Crippen molar-refractivity contribution in [3.8, 4) is 0 Å². The summed E-state index contributed by atoms with van der Waals surface area (Å²) < 4.78 is 1.68. The molecule has 1 fully saturated rings. The van der Waals surface area contributed by atoms with Gasteiger partial charge < -0.3 is 15.4 Å². The lowest BCUT2D eigenvalue weighted by atomic mass is 10.1. The van der Waals surface area contributed by atoms with Crippen molar-refractivity contribution >= 4 is 5.82 Å². The molecular weight excluding hydrogens is 246 g/mol. The molecule has 0 amide bonds. The summed E-state index contributed by atoms with van der Waals surface area (Å²) in [5.74, 6) is 0.774. The number of rotatable bonds is 4. The van der Waals surface area contributed by atoms with Crippen molar-refractivity contribution in [1.82, 2.24) is 19.8 Å². The van der Waals surface area contributed by atoms with Gasteiger partial charge in [0.25, 0.3) is 0 Å². The lowest BCUT2D eigenvalue weighted by molar-refractivity contribution is -0.392. The highest BCUT2D eigenvalue weighted by molar-refractivity contribution is 5.18. The first-order chi connectivity index (χ1) is 8.99. The van der Waals surface area contributed by atoms with Gasteiger partial charge in [-0.3, -0.25) is 4.90 Å². The largest absolute Gasteiger partial charge is 0.358 e. The van der Waals surface area contributed by atoms with Gasteiger partial charge in [0.2, 0.25) is 0 Å². The van der Waals surface area contributed by atoms with E-state index in [1.54, 1.807) is 11.5 Å². The number of nitro groups is 1. The zero-order valence-corrected chi connectivity index (χ0v) is 11.7. The number of imidazole rings is 1. The van der Waals surface area contributed by atoms with E-state index in [0.29, 0.717) is 24.5 Å². The Kier molecular flexibility index (Phi) is 4.16. The van der Waals surface area contributed by atoms with Crippen LogP contribution in [0.15, 0.2) is 6.20 Å². The molecule has 0 aliphatic carbocycles. The van der Waals surface area contributed by atoms with Crippen LogP contribution < -0.4 is 5.32 Å². The fourth-order valence-electron chi connectivity index (χ4n) is 2.52. The summed E-state index contributed by atoms with van der Waals surface area (Å²) in [6.07, 6.45) is 1.33. The third kappa shape index (κ3) is 3.10. The van der Waals surface area contributed by atoms with Gasteiger partial charge in [0.1, 0.15) is 12.7 Å². The Morgan fingerprint density at radius 3 is 2.95 bits per heavy atom. The summed E-state index contributed by atoms with van der Waals surface area (Å²) in [5, 5.41) is 14.4. The number of piperazine rings is 1. The fourth-order valence-corrected chi connectivity index (χ4v) is 2.52. The molecule has 1 aromatic heterocycles. The molecule has 0 aromatic carbocycles. The molecule has 2 unspecified atom stereocenters. The van der Waals surface area contributed by atoms with Crippen LogP contribution in [-0.4, -0.2) is 51.1 Å². The van der Waals surface area contributed by atoms with Gasteiger partial charge in [-0.1, -0.05) is 0 Å². The van der Waals surface area contributed by atoms with Crippen molar-refractivity contribution in [3.63, 3.8) is 0 Å². The average Bonchev–Trinajstić information content (AvgIpc) is 2.72. The first kappa shape index (κ1) is 14.0. The number of aromatic nitrogens is 2. The van der Waals surface area contributed by atoms with E-state index in [-0.39, 0.29) is 10.7 Å². The van der Waals surface area contributed by atoms with E-state index >= 15 is 0 Å². The van der Waals surface area contributed by atoms with E-state index in [4.69, 9.17) is 0 Å². The standard InChI is InChI=1S/C12H21N5O2/c1-9-8-15(10(2)6-13-9)4-5-16-11(3)14-7-12(16)17(18)19/h7,9-10,13H,4-6,8H2,1-3H3. The first-order valence-corrected chi connectivity index (χ1v) is 6.63. The van der Waals surface area contributed by atoms with Crippen molar-refractivity contribution in [3.05, 3.63) is 22.1 Å². The minimum atomic E-state index is -0.371. The Bertz CT molecular complexity index is 459. The van der Waals surface area contributed by atoms with Gasteiger partial charge in [-0.15, -0.1) is 0 Å². The maximum Gasteiger partial charge on any atom is 0.342 e. The Labute approximate surface area is 112 Å². The molecule has 7 nitrogen and oxygen atoms in total. The molecule has 0 spiro atoms. The third-order valence-corrected chi connectivity index (χ3v) is 3.73. The Morgan fingerprint density at radius 1 is 1.53 bits per heavy atom. The minimum absolute atomic E-state index is 0.0772. The quantitative estimate of drug-likeness (QED) is 0.644. The third-order valence-electron chi connectivity index (χ3n) is 3.73. The van der Waals surface area contributed by atoms with Crippen LogP contribution in [0.4, 0.5) is 5.82 Å². The van der Waals surface area contributed by atoms with E-state index in [9.17, 15) is 10.1 Å². The summed E-state index contributed by atoms with van der Waals surface area (Å²) in [4.78, 5) is 16.9. The first-order valence-electron chi connectivity index (χ1n) is 6.63. The number of hydrogen-bond donors (Lipinski definition) is 1. The van der Waals surface area contributed by atoms with Gasteiger partial charge in [0.05, 0.1) is 0 Å². The second-order valence-electron chi connectivity index (χ2n) is 5.23. The van der Waals surface area contributed by atoms with E-state index in [2.05, 4.69) is 29.0 Å². The number of aryl methyl sites for hydroxylation is 1. The molecule has 106 valence electrons. The van der Waals surface area contributed by atoms with Crippen LogP contribution in [0.3, 0.4) is 0 Å². The molecule has 1 aliphatic rings. The molecule has 1 saturated heterocycles. The van der Waals surface area contributed by atoms with Crippen molar-refractivity contribution in [2.24, 2.45) is 0 Å². The highest BCUT2D eigenvalue weighted by Gasteiger charge is 2.24. The van der Waals surface area contributed by atoms with E-state index in [0.717, 1.165) is 19.6 Å². The van der Waals surface area contributed by atoms with Gasteiger partial charge in [0, 0.05) is 38.6 Å². The van der Waals surface area contributed by atoms with Crippen LogP contribution in [0.25, 0.3) is 0 Å². The molecule has 19 heavy (non-hydrogen) atoms. The molecule has 1 aromatic rings. The second-order valence-corrected chi connectivity index (χ2v) is 5.23. The maximum atomic E-state index is 10.9. The van der Waals surface area contributed by atoms with Crippen molar-refractivity contribution in [1.29, 1.82) is 0 Å². The topological polar surface area (TPSA) is 76.2 Å². The minimum Gasteiger partial charge on any atom is -0.358 e. The molecule has 2 atom stereocenters. The summed E-state index contributed by atoms with van der Waals surface area (Å²) in [7, 11) is 0. The Balaban J connectivity index is 2.02. The van der Waals surface area contributed by atoms with E-state index in [1.807, 2.05) is 0 Å². The number of nitrogens with zero attached hydrogens (tertiary/aromatic N) is 4. The van der Waals surface area contributed by atoms with Crippen LogP contribution in [-0.2, 0) is 6.54 Å². The van der Waals surface area contributed by atoms with Gasteiger partial charge in [-0.05, 0) is 18.8 Å². The normalized spacial score (nSPS) is 24.6. The van der Waals surface area contributed by atoms with Crippen LogP contribution in [0, 0.1) is 17.0 Å². The van der Waals surface area contributed by atoms with Gasteiger partial charge >= 0.3 is 5.82 Å². The van der Waals surface area contributed by atoms with E-state index in [1.165, 1.54) is 6.20 Å². The average molecular weight is 267 g/mol. The van der Waals surface area contributed by atoms with Crippen LogP contribution in [0.1, 0.15) is 19.7 Å². The molecule has 2 rings (SSSR count). The maximum absolute atomic E-state index is 10.9. The molecule has 2 heterocycles. The summed E-state index contributed by atoms with van der Waals surface area (Å²) in [6.45, 7) is 9.49. The van der Waals surface area contributed by atoms with Gasteiger partial charge in [-0.2, -0.15) is 0 Å². The second kappa shape index (κ2) is 5.66. The zero-order chi connectivity index (χ0) is 14.0. The highest BCUT2D eigenvalue weighted by Crippen LogP contribution is 2.14. The smallest absolute Gasteiger partial charge is 0.342 e. The SMILES string of the molecule is Cc1ncc([N+](=O)[O-])n1CCN1CC(C)NCC1C. The van der Waals surface area contributed by atoms with Crippen molar-refractivity contribution in [2.45, 2.75) is 39.4 Å². The molecule has 0 bridgehead atoms. The van der Waals surface area contributed by atoms with Crippen LogP contribution in [0.2, 0.25) is 0 Å². The lowest BCUT2D eigenvalue weighted by Gasteiger charge is -2.37. The van der Waals surface area contributed by atoms with Crippen molar-refractivity contribution < 1.29 is 4.92 Å².